The average molecular weight is 413 g/mol. The van der Waals surface area contributed by atoms with Gasteiger partial charge in [0, 0.05) is 19.6 Å². The van der Waals surface area contributed by atoms with Crippen molar-refractivity contribution in [3.8, 4) is 0 Å². The normalized spacial score (nSPS) is 15.9. The Balaban J connectivity index is 1.67. The second-order valence-corrected chi connectivity index (χ2v) is 10.0. The second kappa shape index (κ2) is 8.05. The predicted octanol–water partition coefficient (Wildman–Crippen LogP) is 2.13. The van der Waals surface area contributed by atoms with Crippen molar-refractivity contribution >= 4 is 20.0 Å². The molecule has 1 fully saturated rings. The number of halogens is 1. The molecule has 27 heavy (non-hydrogen) atoms. The van der Waals surface area contributed by atoms with E-state index in [9.17, 15) is 21.2 Å². The number of sulfonamides is 2. The summed E-state index contributed by atoms with van der Waals surface area (Å²) in [6.45, 7) is 1.01. The molecule has 1 heterocycles. The third-order valence-electron chi connectivity index (χ3n) is 4.48. The van der Waals surface area contributed by atoms with E-state index >= 15 is 0 Å². The Kier molecular flexibility index (Phi) is 5.95. The van der Waals surface area contributed by atoms with Crippen molar-refractivity contribution in [3.05, 3.63) is 59.9 Å². The fraction of sp³-hybridized carbons (Fsp3) is 0.333. The van der Waals surface area contributed by atoms with Gasteiger partial charge in [-0.05, 0) is 55.2 Å². The van der Waals surface area contributed by atoms with E-state index in [1.807, 2.05) is 0 Å². The molecule has 0 aliphatic carbocycles. The Labute approximate surface area is 159 Å². The molecule has 2 aromatic rings. The van der Waals surface area contributed by atoms with E-state index in [1.165, 1.54) is 34.6 Å². The van der Waals surface area contributed by atoms with Gasteiger partial charge < -0.3 is 0 Å². The highest BCUT2D eigenvalue weighted by molar-refractivity contribution is 7.89. The fourth-order valence-electron chi connectivity index (χ4n) is 2.97. The number of rotatable bonds is 7. The van der Waals surface area contributed by atoms with Gasteiger partial charge in [0.1, 0.15) is 5.82 Å². The van der Waals surface area contributed by atoms with Crippen molar-refractivity contribution in [1.82, 2.24) is 9.03 Å². The number of benzene rings is 2. The van der Waals surface area contributed by atoms with E-state index < -0.39 is 20.0 Å². The largest absolute Gasteiger partial charge is 0.243 e. The summed E-state index contributed by atoms with van der Waals surface area (Å²) in [5.74, 6) is -0.381. The molecule has 6 nitrogen and oxygen atoms in total. The third-order valence-corrected chi connectivity index (χ3v) is 7.87. The van der Waals surface area contributed by atoms with Crippen molar-refractivity contribution in [3.63, 3.8) is 0 Å². The lowest BCUT2D eigenvalue weighted by Crippen LogP contribution is -2.28. The second-order valence-electron chi connectivity index (χ2n) is 6.32. The lowest BCUT2D eigenvalue weighted by atomic mass is 10.1. The van der Waals surface area contributed by atoms with Crippen LogP contribution in [0.4, 0.5) is 4.39 Å². The summed E-state index contributed by atoms with van der Waals surface area (Å²) in [6, 6.07) is 11.3. The highest BCUT2D eigenvalue weighted by Crippen LogP contribution is 2.22. The number of nitrogens with one attached hydrogen (secondary N) is 1. The van der Waals surface area contributed by atoms with Crippen molar-refractivity contribution in [2.75, 3.05) is 19.6 Å². The van der Waals surface area contributed by atoms with Crippen molar-refractivity contribution < 1.29 is 21.2 Å². The molecule has 0 bridgehead atoms. The summed E-state index contributed by atoms with van der Waals surface area (Å²) in [6.07, 6.45) is 1.88. The van der Waals surface area contributed by atoms with Gasteiger partial charge in [-0.15, -0.1) is 0 Å². The van der Waals surface area contributed by atoms with Crippen molar-refractivity contribution in [2.45, 2.75) is 29.1 Å². The molecule has 2 aromatic carbocycles. The molecule has 1 aliphatic rings. The van der Waals surface area contributed by atoms with Crippen LogP contribution < -0.4 is 4.72 Å². The van der Waals surface area contributed by atoms with Gasteiger partial charge in [-0.25, -0.2) is 25.9 Å². The molecule has 0 aromatic heterocycles. The van der Waals surface area contributed by atoms with Crippen LogP contribution in [-0.4, -0.2) is 40.8 Å². The van der Waals surface area contributed by atoms with E-state index in [4.69, 9.17) is 0 Å². The first-order chi connectivity index (χ1) is 12.8. The minimum atomic E-state index is -3.81. The molecule has 3 rings (SSSR count). The van der Waals surface area contributed by atoms with Crippen LogP contribution in [0, 0.1) is 5.82 Å². The first-order valence-corrected chi connectivity index (χ1v) is 11.6. The summed E-state index contributed by atoms with van der Waals surface area (Å²) in [5.41, 5.74) is 0.423. The Morgan fingerprint density at radius 1 is 0.889 bits per heavy atom. The van der Waals surface area contributed by atoms with E-state index in [0.29, 0.717) is 18.7 Å². The van der Waals surface area contributed by atoms with E-state index in [2.05, 4.69) is 4.72 Å². The van der Waals surface area contributed by atoms with E-state index in [1.54, 1.807) is 18.2 Å². The molecule has 0 atom stereocenters. The van der Waals surface area contributed by atoms with Crippen LogP contribution in [0.5, 0.6) is 0 Å². The van der Waals surface area contributed by atoms with Crippen LogP contribution >= 0.6 is 0 Å². The van der Waals surface area contributed by atoms with Gasteiger partial charge in [0.05, 0.1) is 9.79 Å². The Morgan fingerprint density at radius 3 is 2.11 bits per heavy atom. The van der Waals surface area contributed by atoms with Crippen LogP contribution in [0.2, 0.25) is 0 Å². The molecule has 0 unspecified atom stereocenters. The molecular weight excluding hydrogens is 391 g/mol. The van der Waals surface area contributed by atoms with Crippen LogP contribution in [-0.2, 0) is 26.5 Å². The monoisotopic (exact) mass is 412 g/mol. The number of hydrogen-bond acceptors (Lipinski definition) is 4. The highest BCUT2D eigenvalue weighted by Gasteiger charge is 2.27. The van der Waals surface area contributed by atoms with Crippen molar-refractivity contribution in [1.29, 1.82) is 0 Å². The van der Waals surface area contributed by atoms with Gasteiger partial charge in [0.15, 0.2) is 0 Å². The SMILES string of the molecule is O=S(=O)(NCCc1ccccc1F)c1ccc(S(=O)(=O)N2CCCC2)cc1. The number of hydrogen-bond donors (Lipinski definition) is 1. The minimum absolute atomic E-state index is 0.0311. The van der Waals surface area contributed by atoms with Crippen molar-refractivity contribution in [2.24, 2.45) is 0 Å². The van der Waals surface area contributed by atoms with Gasteiger partial charge >= 0.3 is 0 Å². The average Bonchev–Trinajstić information content (AvgIpc) is 3.19. The summed E-state index contributed by atoms with van der Waals surface area (Å²) in [7, 11) is -7.39. The lowest BCUT2D eigenvalue weighted by Gasteiger charge is -2.15. The topological polar surface area (TPSA) is 83.5 Å². The molecular formula is C18H21FN2O4S2. The highest BCUT2D eigenvalue weighted by atomic mass is 32.2. The molecule has 146 valence electrons. The summed E-state index contributed by atoms with van der Waals surface area (Å²) in [5, 5.41) is 0. The Hall–Kier alpha value is -1.81. The standard InChI is InChI=1S/C18H21FN2O4S2/c19-18-6-2-1-5-15(18)11-12-20-26(22,23)16-7-9-17(10-8-16)27(24,25)21-13-3-4-14-21/h1-2,5-10,20H,3-4,11-14H2. The first kappa shape index (κ1) is 19.9. The zero-order chi connectivity index (χ0) is 19.5. The molecule has 0 spiro atoms. The Morgan fingerprint density at radius 2 is 1.48 bits per heavy atom. The predicted molar refractivity (Wildman–Crippen MR) is 99.7 cm³/mol. The van der Waals surface area contributed by atoms with Gasteiger partial charge in [0.2, 0.25) is 20.0 Å². The quantitative estimate of drug-likeness (QED) is 0.755. The maximum atomic E-state index is 13.6. The molecule has 0 saturated carbocycles. The molecule has 0 amide bonds. The molecule has 0 radical (unpaired) electrons. The first-order valence-electron chi connectivity index (χ1n) is 8.64. The Bertz CT molecular complexity index is 1000. The van der Waals surface area contributed by atoms with E-state index in [-0.39, 0.29) is 28.6 Å². The zero-order valence-electron chi connectivity index (χ0n) is 14.6. The smallest absolute Gasteiger partial charge is 0.211 e. The minimum Gasteiger partial charge on any atom is -0.211 e. The molecule has 9 heteroatoms. The van der Waals surface area contributed by atoms with Gasteiger partial charge in [-0.3, -0.25) is 0 Å². The maximum absolute atomic E-state index is 13.6. The lowest BCUT2D eigenvalue weighted by molar-refractivity contribution is 0.477. The maximum Gasteiger partial charge on any atom is 0.243 e. The van der Waals surface area contributed by atoms with Gasteiger partial charge in [-0.1, -0.05) is 18.2 Å². The fourth-order valence-corrected chi connectivity index (χ4v) is 5.52. The number of nitrogens with zero attached hydrogens (tertiary/aromatic N) is 1. The van der Waals surface area contributed by atoms with Crippen LogP contribution in [0.25, 0.3) is 0 Å². The molecule has 1 N–H and O–H groups in total. The van der Waals surface area contributed by atoms with Crippen LogP contribution in [0.1, 0.15) is 18.4 Å². The third kappa shape index (κ3) is 4.55. The zero-order valence-corrected chi connectivity index (χ0v) is 16.3. The van der Waals surface area contributed by atoms with Crippen LogP contribution in [0.3, 0.4) is 0 Å². The molecule has 1 aliphatic heterocycles. The summed E-state index contributed by atoms with van der Waals surface area (Å²) < 4.78 is 67.1. The molecule has 1 saturated heterocycles. The summed E-state index contributed by atoms with van der Waals surface area (Å²) >= 11 is 0. The van der Waals surface area contributed by atoms with E-state index in [0.717, 1.165) is 12.8 Å². The van der Waals surface area contributed by atoms with Gasteiger partial charge in [0.25, 0.3) is 0 Å². The summed E-state index contributed by atoms with van der Waals surface area (Å²) in [4.78, 5) is 0.0473. The van der Waals surface area contributed by atoms with Crippen LogP contribution in [0.15, 0.2) is 58.3 Å². The van der Waals surface area contributed by atoms with Gasteiger partial charge in [-0.2, -0.15) is 4.31 Å².